The number of fused-ring (bicyclic) bond motifs is 1. The molecule has 0 spiro atoms. The number of pyridine rings is 1. The van der Waals surface area contributed by atoms with Crippen LogP contribution in [-0.4, -0.2) is 68.2 Å². The van der Waals surface area contributed by atoms with Crippen LogP contribution in [0.25, 0.3) is 10.9 Å². The SMILES string of the molecule is C[N+](CCN)(CCN)CCC[C@H](N)C(=O)N[C@H](Cc1ccc(C(F)(F)F)cc1)C(=O)Nc1cc2ccccc2[n+](Cc2ccc(C(F)(F)F)cc2)c1. The van der Waals surface area contributed by atoms with Crippen LogP contribution in [0.3, 0.4) is 0 Å². The highest BCUT2D eigenvalue weighted by molar-refractivity contribution is 5.98. The molecule has 2 atom stereocenters. The minimum absolute atomic E-state index is 0.135. The number of carbonyl (C=O) groups excluding carboxylic acids is 2. The van der Waals surface area contributed by atoms with E-state index in [-0.39, 0.29) is 13.0 Å². The second-order valence-electron chi connectivity index (χ2n) is 13.2. The summed E-state index contributed by atoms with van der Waals surface area (Å²) in [5, 5.41) is 6.22. The zero-order valence-electron chi connectivity index (χ0n) is 28.8. The minimum atomic E-state index is -4.55. The largest absolute Gasteiger partial charge is 0.416 e. The van der Waals surface area contributed by atoms with Gasteiger partial charge in [-0.3, -0.25) is 9.59 Å². The average molecular weight is 734 g/mol. The summed E-state index contributed by atoms with van der Waals surface area (Å²) >= 11 is 0. The molecule has 0 radical (unpaired) electrons. The highest BCUT2D eigenvalue weighted by Gasteiger charge is 2.32. The molecule has 0 saturated carbocycles. The Labute approximate surface area is 298 Å². The number of nitrogens with zero attached hydrogens (tertiary/aromatic N) is 2. The molecule has 15 heteroatoms. The number of halogens is 6. The maximum atomic E-state index is 13.8. The summed E-state index contributed by atoms with van der Waals surface area (Å²) in [4.78, 5) is 27.2. The lowest BCUT2D eigenvalue weighted by atomic mass is 10.0. The van der Waals surface area contributed by atoms with Gasteiger partial charge in [0, 0.05) is 36.5 Å². The molecule has 0 bridgehead atoms. The van der Waals surface area contributed by atoms with Gasteiger partial charge in [-0.05, 0) is 54.8 Å². The molecule has 3 aromatic carbocycles. The third-order valence-corrected chi connectivity index (χ3v) is 9.00. The third-order valence-electron chi connectivity index (χ3n) is 9.00. The Morgan fingerprint density at radius 3 is 1.90 bits per heavy atom. The fraction of sp³-hybridized carbons (Fsp3) is 0.378. The van der Waals surface area contributed by atoms with Crippen molar-refractivity contribution in [2.75, 3.05) is 45.1 Å². The molecule has 0 fully saturated rings. The number of rotatable bonds is 16. The van der Waals surface area contributed by atoms with Gasteiger partial charge in [0.15, 0.2) is 12.7 Å². The summed E-state index contributed by atoms with van der Waals surface area (Å²) in [5.74, 6) is -1.25. The van der Waals surface area contributed by atoms with Crippen molar-refractivity contribution >= 4 is 28.4 Å². The number of alkyl halides is 6. The van der Waals surface area contributed by atoms with E-state index in [9.17, 15) is 35.9 Å². The molecule has 1 heterocycles. The van der Waals surface area contributed by atoms with Gasteiger partial charge in [-0.2, -0.15) is 30.9 Å². The highest BCUT2D eigenvalue weighted by Crippen LogP contribution is 2.30. The Balaban J connectivity index is 1.56. The van der Waals surface area contributed by atoms with Crippen LogP contribution in [0, 0.1) is 0 Å². The van der Waals surface area contributed by atoms with E-state index >= 15 is 0 Å². The number of hydrogen-bond acceptors (Lipinski definition) is 5. The maximum absolute atomic E-state index is 13.8. The Hall–Kier alpha value is -4.57. The lowest BCUT2D eigenvalue weighted by Gasteiger charge is -2.34. The fourth-order valence-electron chi connectivity index (χ4n) is 6.07. The number of hydrogen-bond donors (Lipinski definition) is 5. The molecule has 1 aromatic heterocycles. The number of anilines is 1. The van der Waals surface area contributed by atoms with Crippen molar-refractivity contribution in [2.45, 2.75) is 50.2 Å². The molecule has 2 amide bonds. The molecule has 4 aromatic rings. The lowest BCUT2D eigenvalue weighted by molar-refractivity contribution is -0.907. The molecule has 52 heavy (non-hydrogen) atoms. The van der Waals surface area contributed by atoms with Gasteiger partial charge in [-0.15, -0.1) is 0 Å². The fourth-order valence-corrected chi connectivity index (χ4v) is 6.07. The molecule has 0 aliphatic rings. The number of para-hydroxylation sites is 1. The number of quaternary nitrogens is 1. The van der Waals surface area contributed by atoms with E-state index in [1.54, 1.807) is 35.0 Å². The van der Waals surface area contributed by atoms with E-state index in [0.29, 0.717) is 72.2 Å². The topological polar surface area (TPSA) is 140 Å². The molecule has 0 aliphatic carbocycles. The summed E-state index contributed by atoms with van der Waals surface area (Å²) in [7, 11) is 2.02. The Morgan fingerprint density at radius 1 is 0.788 bits per heavy atom. The first-order valence-electron chi connectivity index (χ1n) is 16.9. The van der Waals surface area contributed by atoms with Crippen LogP contribution in [0.4, 0.5) is 32.0 Å². The van der Waals surface area contributed by atoms with Crippen LogP contribution in [0.5, 0.6) is 0 Å². The molecular weight excluding hydrogens is 688 g/mol. The number of aromatic nitrogens is 1. The number of nitrogens with one attached hydrogen (secondary N) is 2. The van der Waals surface area contributed by atoms with Gasteiger partial charge in [0.25, 0.3) is 0 Å². The van der Waals surface area contributed by atoms with E-state index < -0.39 is 47.4 Å². The maximum Gasteiger partial charge on any atom is 0.416 e. The second-order valence-corrected chi connectivity index (χ2v) is 13.2. The molecule has 9 nitrogen and oxygen atoms in total. The Morgan fingerprint density at radius 2 is 1.35 bits per heavy atom. The van der Waals surface area contributed by atoms with Gasteiger partial charge in [0.2, 0.25) is 17.3 Å². The van der Waals surface area contributed by atoms with Crippen molar-refractivity contribution in [1.29, 1.82) is 0 Å². The number of carbonyl (C=O) groups is 2. The van der Waals surface area contributed by atoms with Gasteiger partial charge in [0.1, 0.15) is 11.7 Å². The standard InChI is InChI=1S/C37H43F6N7O2/c1-50(19-16-44,20-17-45)18-4-6-31(46)34(51)48-32(21-25-8-12-28(13-9-25)36(38,39)40)35(52)47-30-22-27-5-2-3-7-33(27)49(24-30)23-26-10-14-29(15-11-26)37(41,42)43/h2-3,5,7-15,22,24,31-32H,4,6,16-21,23,44-46H2,1H3/p+2/t31-,32+/m0/s1. The van der Waals surface area contributed by atoms with Gasteiger partial charge < -0.3 is 32.3 Å². The van der Waals surface area contributed by atoms with E-state index in [1.807, 2.05) is 13.1 Å². The van der Waals surface area contributed by atoms with Crippen molar-refractivity contribution in [2.24, 2.45) is 17.2 Å². The lowest BCUT2D eigenvalue weighted by Crippen LogP contribution is -2.52. The zero-order chi connectivity index (χ0) is 38.1. The van der Waals surface area contributed by atoms with Crippen LogP contribution in [0.2, 0.25) is 0 Å². The van der Waals surface area contributed by atoms with E-state index in [2.05, 4.69) is 10.6 Å². The van der Waals surface area contributed by atoms with Crippen LogP contribution in [0.15, 0.2) is 85.1 Å². The zero-order valence-corrected chi connectivity index (χ0v) is 28.8. The molecule has 0 unspecified atom stereocenters. The molecule has 4 rings (SSSR count). The quantitative estimate of drug-likeness (QED) is 0.0663. The van der Waals surface area contributed by atoms with E-state index in [4.69, 9.17) is 17.2 Å². The smallest absolute Gasteiger partial charge is 0.343 e. The first-order valence-corrected chi connectivity index (χ1v) is 16.9. The number of amides is 2. The second kappa shape index (κ2) is 17.3. The predicted octanol–water partition coefficient (Wildman–Crippen LogP) is 4.35. The van der Waals surface area contributed by atoms with Crippen molar-refractivity contribution < 1.29 is 45.0 Å². The van der Waals surface area contributed by atoms with Crippen LogP contribution < -0.4 is 32.4 Å². The van der Waals surface area contributed by atoms with Crippen LogP contribution >= 0.6 is 0 Å². The van der Waals surface area contributed by atoms with Crippen molar-refractivity contribution in [1.82, 2.24) is 5.32 Å². The summed E-state index contributed by atoms with van der Waals surface area (Å²) < 4.78 is 81.5. The number of likely N-dealkylation sites (N-methyl/N-ethyl adjacent to an activating group) is 1. The first kappa shape index (κ1) is 40.2. The minimum Gasteiger partial charge on any atom is -0.343 e. The monoisotopic (exact) mass is 733 g/mol. The van der Waals surface area contributed by atoms with Crippen molar-refractivity contribution in [3.8, 4) is 0 Å². The van der Waals surface area contributed by atoms with Crippen LogP contribution in [-0.2, 0) is 34.9 Å². The molecule has 0 saturated heterocycles. The third kappa shape index (κ3) is 11.2. The predicted molar refractivity (Wildman–Crippen MR) is 187 cm³/mol. The normalized spacial score (nSPS) is 13.5. The number of nitrogens with two attached hydrogens (primary N) is 3. The average Bonchev–Trinajstić information content (AvgIpc) is 3.07. The van der Waals surface area contributed by atoms with Gasteiger partial charge in [0.05, 0.1) is 43.9 Å². The summed E-state index contributed by atoms with van der Waals surface area (Å²) in [5.41, 5.74) is 18.2. The Kier molecular flexibility index (Phi) is 13.4. The van der Waals surface area contributed by atoms with Crippen LogP contribution in [0.1, 0.15) is 35.1 Å². The summed E-state index contributed by atoms with van der Waals surface area (Å²) in [6.45, 7) is 3.20. The molecule has 0 aliphatic heterocycles. The summed E-state index contributed by atoms with van der Waals surface area (Å²) in [6, 6.07) is 15.8. The summed E-state index contributed by atoms with van der Waals surface area (Å²) in [6.07, 6.45) is -6.66. The van der Waals surface area contributed by atoms with E-state index in [0.717, 1.165) is 29.8 Å². The first-order chi connectivity index (χ1) is 24.5. The molecule has 280 valence electrons. The van der Waals surface area contributed by atoms with Crippen molar-refractivity contribution in [3.63, 3.8) is 0 Å². The van der Waals surface area contributed by atoms with E-state index in [1.165, 1.54) is 24.3 Å². The van der Waals surface area contributed by atoms with Gasteiger partial charge in [-0.1, -0.05) is 36.4 Å². The van der Waals surface area contributed by atoms with Crippen molar-refractivity contribution in [3.05, 3.63) is 107 Å². The molecule has 8 N–H and O–H groups in total. The van der Waals surface area contributed by atoms with Gasteiger partial charge in [-0.25, -0.2) is 0 Å². The number of benzene rings is 3. The Bertz CT molecular complexity index is 1790. The van der Waals surface area contributed by atoms with Gasteiger partial charge >= 0.3 is 12.4 Å². The highest BCUT2D eigenvalue weighted by atomic mass is 19.4. The molecular formula is C37H45F6N7O2+2.